The number of carbonyl (C=O) groups excluding carboxylic acids is 3. The first kappa shape index (κ1) is 24.5. The predicted molar refractivity (Wildman–Crippen MR) is 125 cm³/mol. The number of rotatable bonds is 6. The molecule has 1 aliphatic heterocycles. The van der Waals surface area contributed by atoms with Crippen LogP contribution >= 0.6 is 0 Å². The van der Waals surface area contributed by atoms with Crippen LogP contribution in [0.1, 0.15) is 49.2 Å². The molecule has 1 aliphatic rings. The first-order chi connectivity index (χ1) is 15.4. The highest BCUT2D eigenvalue weighted by atomic mass is 16.5. The van der Waals surface area contributed by atoms with Crippen molar-refractivity contribution in [3.8, 4) is 5.75 Å². The summed E-state index contributed by atoms with van der Waals surface area (Å²) in [6, 6.07) is 12.9. The van der Waals surface area contributed by atoms with E-state index in [4.69, 9.17) is 4.74 Å². The zero-order valence-corrected chi connectivity index (χ0v) is 19.8. The summed E-state index contributed by atoms with van der Waals surface area (Å²) in [5.74, 6) is -0.901. The number of nitrogens with one attached hydrogen (secondary N) is 1. The van der Waals surface area contributed by atoms with Crippen molar-refractivity contribution in [2.24, 2.45) is 0 Å². The highest BCUT2D eigenvalue weighted by Crippen LogP contribution is 2.24. The monoisotopic (exact) mass is 452 g/mol. The highest BCUT2D eigenvalue weighted by molar-refractivity contribution is 6.00. The maximum atomic E-state index is 13.5. The standard InChI is InChI=1S/C26H32N2O5/c1-25(2,3)19-11-9-18(10-12-19)23(31)27-21(14-17-7-6-8-20(29)13-17)24(32)28(5)26(4)16-33-15-22(26)30/h6-13,21,29H,14-16H2,1-5H3,(H,27,31). The third-order valence-corrected chi connectivity index (χ3v) is 6.25. The lowest BCUT2D eigenvalue weighted by Gasteiger charge is -2.35. The van der Waals surface area contributed by atoms with Crippen molar-refractivity contribution in [2.45, 2.75) is 51.1 Å². The van der Waals surface area contributed by atoms with Gasteiger partial charge in [-0.25, -0.2) is 0 Å². The molecule has 0 aliphatic carbocycles. The van der Waals surface area contributed by atoms with Crippen molar-refractivity contribution < 1.29 is 24.2 Å². The van der Waals surface area contributed by atoms with Crippen molar-refractivity contribution in [3.63, 3.8) is 0 Å². The fourth-order valence-electron chi connectivity index (χ4n) is 3.82. The van der Waals surface area contributed by atoms with Crippen LogP contribution < -0.4 is 5.32 Å². The number of carbonyl (C=O) groups is 3. The third-order valence-electron chi connectivity index (χ3n) is 6.25. The molecule has 1 saturated heterocycles. The topological polar surface area (TPSA) is 95.9 Å². The van der Waals surface area contributed by atoms with Crippen LogP contribution in [0.2, 0.25) is 0 Å². The molecule has 1 heterocycles. The molecule has 0 radical (unpaired) electrons. The summed E-state index contributed by atoms with van der Waals surface area (Å²) in [7, 11) is 1.55. The molecule has 2 aromatic carbocycles. The van der Waals surface area contributed by atoms with Crippen LogP contribution in [0.25, 0.3) is 0 Å². The number of ether oxygens (including phenoxy) is 1. The van der Waals surface area contributed by atoms with Gasteiger partial charge in [-0.15, -0.1) is 0 Å². The van der Waals surface area contributed by atoms with Crippen molar-refractivity contribution in [2.75, 3.05) is 20.3 Å². The minimum absolute atomic E-state index is 0.0438. The molecule has 2 atom stereocenters. The number of benzene rings is 2. The fraction of sp³-hybridized carbons (Fsp3) is 0.423. The molecule has 0 saturated carbocycles. The second kappa shape index (κ2) is 9.35. The van der Waals surface area contributed by atoms with Crippen LogP contribution in [0, 0.1) is 0 Å². The molecule has 0 aromatic heterocycles. The Labute approximate surface area is 194 Å². The number of phenols is 1. The van der Waals surface area contributed by atoms with Crippen molar-refractivity contribution in [3.05, 3.63) is 65.2 Å². The van der Waals surface area contributed by atoms with E-state index in [9.17, 15) is 19.5 Å². The quantitative estimate of drug-likeness (QED) is 0.703. The molecular formula is C26H32N2O5. The van der Waals surface area contributed by atoms with Crippen molar-refractivity contribution in [1.29, 1.82) is 0 Å². The van der Waals surface area contributed by atoms with Gasteiger partial charge in [0.2, 0.25) is 5.91 Å². The van der Waals surface area contributed by atoms with E-state index in [1.54, 1.807) is 44.3 Å². The molecule has 176 valence electrons. The Hall–Kier alpha value is -3.19. The zero-order valence-electron chi connectivity index (χ0n) is 19.8. The average molecular weight is 453 g/mol. The van der Waals surface area contributed by atoms with E-state index in [2.05, 4.69) is 26.1 Å². The van der Waals surface area contributed by atoms with Gasteiger partial charge in [-0.3, -0.25) is 14.4 Å². The van der Waals surface area contributed by atoms with Crippen LogP contribution in [0.15, 0.2) is 48.5 Å². The van der Waals surface area contributed by atoms with Crippen LogP contribution in [0.5, 0.6) is 5.75 Å². The molecule has 0 spiro atoms. The van der Waals surface area contributed by atoms with Gasteiger partial charge in [0.1, 0.15) is 23.9 Å². The minimum atomic E-state index is -1.09. The predicted octanol–water partition coefficient (Wildman–Crippen LogP) is 2.85. The number of likely N-dealkylation sites (N-methyl/N-ethyl adjacent to an activating group) is 1. The van der Waals surface area contributed by atoms with Gasteiger partial charge in [0, 0.05) is 19.0 Å². The Kier molecular flexibility index (Phi) is 6.93. The van der Waals surface area contributed by atoms with Crippen molar-refractivity contribution in [1.82, 2.24) is 10.2 Å². The number of amides is 2. The minimum Gasteiger partial charge on any atom is -0.508 e. The lowest BCUT2D eigenvalue weighted by atomic mass is 9.86. The van der Waals surface area contributed by atoms with Crippen LogP contribution in [-0.4, -0.2) is 59.4 Å². The molecule has 2 N–H and O–H groups in total. The molecule has 7 nitrogen and oxygen atoms in total. The second-order valence-corrected chi connectivity index (χ2v) is 9.81. The maximum Gasteiger partial charge on any atom is 0.251 e. The van der Waals surface area contributed by atoms with E-state index in [-0.39, 0.29) is 42.5 Å². The molecule has 1 fully saturated rings. The molecule has 3 rings (SSSR count). The van der Waals surface area contributed by atoms with Gasteiger partial charge >= 0.3 is 0 Å². The Morgan fingerprint density at radius 2 is 1.85 bits per heavy atom. The molecular weight excluding hydrogens is 420 g/mol. The van der Waals surface area contributed by atoms with Gasteiger partial charge in [-0.05, 0) is 47.7 Å². The Morgan fingerprint density at radius 3 is 2.39 bits per heavy atom. The Balaban J connectivity index is 1.85. The average Bonchev–Trinajstić information content (AvgIpc) is 3.11. The third kappa shape index (κ3) is 5.42. The summed E-state index contributed by atoms with van der Waals surface area (Å²) >= 11 is 0. The lowest BCUT2D eigenvalue weighted by Crippen LogP contribution is -2.58. The molecule has 2 unspecified atom stereocenters. The number of aromatic hydroxyl groups is 1. The smallest absolute Gasteiger partial charge is 0.251 e. The molecule has 7 heteroatoms. The number of hydrogen-bond donors (Lipinski definition) is 2. The van der Waals surface area contributed by atoms with E-state index in [1.807, 2.05) is 12.1 Å². The van der Waals surface area contributed by atoms with Gasteiger partial charge in [-0.2, -0.15) is 0 Å². The van der Waals surface area contributed by atoms with E-state index in [0.29, 0.717) is 11.1 Å². The van der Waals surface area contributed by atoms with E-state index in [1.165, 1.54) is 11.0 Å². The zero-order chi connectivity index (χ0) is 24.4. The summed E-state index contributed by atoms with van der Waals surface area (Å²) in [4.78, 5) is 40.3. The van der Waals surface area contributed by atoms with Crippen LogP contribution in [0.3, 0.4) is 0 Å². The summed E-state index contributed by atoms with van der Waals surface area (Å²) in [5.41, 5.74) is 1.08. The largest absolute Gasteiger partial charge is 0.508 e. The van der Waals surface area contributed by atoms with Crippen molar-refractivity contribution >= 4 is 17.6 Å². The Morgan fingerprint density at radius 1 is 1.18 bits per heavy atom. The van der Waals surface area contributed by atoms with Crippen LogP contribution in [-0.2, 0) is 26.2 Å². The van der Waals surface area contributed by atoms with Gasteiger partial charge in [0.25, 0.3) is 5.91 Å². The lowest BCUT2D eigenvalue weighted by molar-refractivity contribution is -0.142. The van der Waals surface area contributed by atoms with Gasteiger partial charge in [-0.1, -0.05) is 45.0 Å². The number of nitrogens with zero attached hydrogens (tertiary/aromatic N) is 1. The van der Waals surface area contributed by atoms with E-state index >= 15 is 0 Å². The normalized spacial score (nSPS) is 19.2. The second-order valence-electron chi connectivity index (χ2n) is 9.81. The van der Waals surface area contributed by atoms with E-state index in [0.717, 1.165) is 5.56 Å². The van der Waals surface area contributed by atoms with Gasteiger partial charge < -0.3 is 20.1 Å². The fourth-order valence-corrected chi connectivity index (χ4v) is 3.82. The Bertz CT molecular complexity index is 1040. The maximum absolute atomic E-state index is 13.5. The number of ketones is 1. The number of hydrogen-bond acceptors (Lipinski definition) is 5. The summed E-state index contributed by atoms with van der Waals surface area (Å²) < 4.78 is 5.28. The number of Topliss-reactive ketones (excluding diaryl/α,β-unsaturated/α-hetero) is 1. The molecule has 2 aromatic rings. The first-order valence-electron chi connectivity index (χ1n) is 11.0. The number of phenolic OH excluding ortho intramolecular Hbond substituents is 1. The highest BCUT2D eigenvalue weighted by Gasteiger charge is 2.45. The van der Waals surface area contributed by atoms with Gasteiger partial charge in [0.05, 0.1) is 6.61 Å². The summed E-state index contributed by atoms with van der Waals surface area (Å²) in [6.45, 7) is 8.01. The first-order valence-corrected chi connectivity index (χ1v) is 11.0. The summed E-state index contributed by atoms with van der Waals surface area (Å²) in [5, 5.41) is 12.7. The SMILES string of the molecule is CN(C(=O)C(Cc1cccc(O)c1)NC(=O)c1ccc(C(C)(C)C)cc1)C1(C)COCC1=O. The molecule has 0 bridgehead atoms. The molecule has 2 amide bonds. The molecule has 33 heavy (non-hydrogen) atoms. The summed E-state index contributed by atoms with van der Waals surface area (Å²) in [6.07, 6.45) is 0.161. The van der Waals surface area contributed by atoms with E-state index < -0.39 is 17.5 Å². The van der Waals surface area contributed by atoms with Gasteiger partial charge in [0.15, 0.2) is 5.78 Å². The van der Waals surface area contributed by atoms with Crippen LogP contribution in [0.4, 0.5) is 0 Å².